The molecule has 0 saturated carbocycles. The third-order valence-electron chi connectivity index (χ3n) is 5.27. The van der Waals surface area contributed by atoms with Crippen LogP contribution >= 0.6 is 0 Å². The van der Waals surface area contributed by atoms with Crippen LogP contribution in [0.3, 0.4) is 0 Å². The predicted molar refractivity (Wildman–Crippen MR) is 105 cm³/mol. The standard InChI is InChI=1S/C21H30N2O5/c1-4-5-13-23-18(24)11-10-17(21(27)22(2)14-12-19(25)26)20(23)15-6-8-16(28-3)9-7-15/h6-9,17,20H,4-5,10-14H2,1-3H3,(H,25,26). The molecular weight excluding hydrogens is 360 g/mol. The van der Waals surface area contributed by atoms with E-state index in [0.717, 1.165) is 18.4 Å². The first kappa shape index (κ1) is 21.7. The third kappa shape index (κ3) is 5.24. The van der Waals surface area contributed by atoms with E-state index in [1.807, 2.05) is 29.2 Å². The molecule has 0 radical (unpaired) electrons. The van der Waals surface area contributed by atoms with Gasteiger partial charge in [-0.2, -0.15) is 0 Å². The molecule has 1 fully saturated rings. The lowest BCUT2D eigenvalue weighted by Crippen LogP contribution is -2.49. The highest BCUT2D eigenvalue weighted by atomic mass is 16.5. The van der Waals surface area contributed by atoms with E-state index in [1.54, 1.807) is 14.2 Å². The molecule has 2 atom stereocenters. The normalized spacial score (nSPS) is 19.4. The fourth-order valence-electron chi connectivity index (χ4n) is 3.67. The average molecular weight is 390 g/mol. The SMILES string of the molecule is CCCCN1C(=O)CCC(C(=O)N(C)CCC(=O)O)C1c1ccc(OC)cc1. The summed E-state index contributed by atoms with van der Waals surface area (Å²) in [4.78, 5) is 39.9. The second-order valence-electron chi connectivity index (χ2n) is 7.21. The van der Waals surface area contributed by atoms with Gasteiger partial charge in [-0.3, -0.25) is 14.4 Å². The van der Waals surface area contributed by atoms with Crippen molar-refractivity contribution in [3.05, 3.63) is 29.8 Å². The fraction of sp³-hybridized carbons (Fsp3) is 0.571. The molecule has 0 bridgehead atoms. The number of hydrogen-bond acceptors (Lipinski definition) is 4. The minimum absolute atomic E-state index is 0.0616. The largest absolute Gasteiger partial charge is 0.497 e. The molecule has 0 aliphatic carbocycles. The first-order valence-corrected chi connectivity index (χ1v) is 9.79. The molecule has 28 heavy (non-hydrogen) atoms. The fourth-order valence-corrected chi connectivity index (χ4v) is 3.67. The highest BCUT2D eigenvalue weighted by molar-refractivity contribution is 5.85. The lowest BCUT2D eigenvalue weighted by Gasteiger charge is -2.42. The summed E-state index contributed by atoms with van der Waals surface area (Å²) < 4.78 is 5.22. The highest BCUT2D eigenvalue weighted by Gasteiger charge is 2.41. The van der Waals surface area contributed by atoms with Crippen molar-refractivity contribution in [3.63, 3.8) is 0 Å². The minimum Gasteiger partial charge on any atom is -0.497 e. The van der Waals surface area contributed by atoms with E-state index in [4.69, 9.17) is 9.84 Å². The summed E-state index contributed by atoms with van der Waals surface area (Å²) in [5, 5.41) is 8.91. The monoisotopic (exact) mass is 390 g/mol. The van der Waals surface area contributed by atoms with E-state index in [9.17, 15) is 14.4 Å². The van der Waals surface area contributed by atoms with Gasteiger partial charge in [0.15, 0.2) is 0 Å². The maximum Gasteiger partial charge on any atom is 0.305 e. The van der Waals surface area contributed by atoms with Crippen LogP contribution in [0.4, 0.5) is 0 Å². The van der Waals surface area contributed by atoms with Gasteiger partial charge in [0.05, 0.1) is 25.5 Å². The minimum atomic E-state index is -0.935. The predicted octanol–water partition coefficient (Wildman–Crippen LogP) is 2.71. The van der Waals surface area contributed by atoms with Gasteiger partial charge in [-0.15, -0.1) is 0 Å². The zero-order valence-corrected chi connectivity index (χ0v) is 16.9. The summed E-state index contributed by atoms with van der Waals surface area (Å²) in [6.45, 7) is 2.83. The Labute approximate surface area is 166 Å². The summed E-state index contributed by atoms with van der Waals surface area (Å²) in [5.74, 6) is -0.661. The van der Waals surface area contributed by atoms with Crippen LogP contribution in [-0.2, 0) is 14.4 Å². The molecule has 1 aromatic rings. The number of carbonyl (C=O) groups excluding carboxylic acids is 2. The number of carboxylic acids is 1. The van der Waals surface area contributed by atoms with Crippen LogP contribution in [-0.4, -0.2) is 59.9 Å². The van der Waals surface area contributed by atoms with Crippen LogP contribution < -0.4 is 4.74 Å². The Morgan fingerprint density at radius 2 is 1.96 bits per heavy atom. The summed E-state index contributed by atoms with van der Waals surface area (Å²) >= 11 is 0. The molecule has 1 aromatic carbocycles. The Kier molecular flexibility index (Phi) is 7.84. The van der Waals surface area contributed by atoms with E-state index in [-0.39, 0.29) is 36.7 Å². The average Bonchev–Trinajstić information content (AvgIpc) is 2.70. The van der Waals surface area contributed by atoms with Gasteiger partial charge in [-0.05, 0) is 30.5 Å². The van der Waals surface area contributed by atoms with Crippen LogP contribution in [0, 0.1) is 5.92 Å². The van der Waals surface area contributed by atoms with E-state index >= 15 is 0 Å². The Morgan fingerprint density at radius 1 is 1.29 bits per heavy atom. The Balaban J connectivity index is 2.32. The van der Waals surface area contributed by atoms with Gasteiger partial charge in [-0.1, -0.05) is 25.5 Å². The first-order valence-electron chi connectivity index (χ1n) is 9.79. The molecule has 7 heteroatoms. The topological polar surface area (TPSA) is 87.2 Å². The maximum atomic E-state index is 13.1. The zero-order chi connectivity index (χ0) is 20.7. The van der Waals surface area contributed by atoms with Gasteiger partial charge in [0.25, 0.3) is 0 Å². The van der Waals surface area contributed by atoms with E-state index in [2.05, 4.69) is 6.92 Å². The van der Waals surface area contributed by atoms with E-state index in [0.29, 0.717) is 25.1 Å². The van der Waals surface area contributed by atoms with Crippen LogP contribution in [0.5, 0.6) is 5.75 Å². The number of piperidine rings is 1. The third-order valence-corrected chi connectivity index (χ3v) is 5.27. The number of rotatable bonds is 9. The molecule has 1 aliphatic rings. The molecule has 1 saturated heterocycles. The van der Waals surface area contributed by atoms with Crippen molar-refractivity contribution < 1.29 is 24.2 Å². The molecule has 2 rings (SSSR count). The number of amides is 2. The molecule has 2 unspecified atom stereocenters. The van der Waals surface area contributed by atoms with Gasteiger partial charge >= 0.3 is 5.97 Å². The molecule has 0 aromatic heterocycles. The van der Waals surface area contributed by atoms with E-state index in [1.165, 1.54) is 4.90 Å². The summed E-state index contributed by atoms with van der Waals surface area (Å²) in [7, 11) is 3.22. The number of carbonyl (C=O) groups is 3. The number of ether oxygens (including phenoxy) is 1. The summed E-state index contributed by atoms with van der Waals surface area (Å²) in [6, 6.07) is 7.12. The summed E-state index contributed by atoms with van der Waals surface area (Å²) in [6.07, 6.45) is 2.53. The van der Waals surface area contributed by atoms with Gasteiger partial charge in [0.1, 0.15) is 5.75 Å². The van der Waals surface area contributed by atoms with Crippen molar-refractivity contribution in [2.24, 2.45) is 5.92 Å². The van der Waals surface area contributed by atoms with Crippen molar-refractivity contribution >= 4 is 17.8 Å². The highest BCUT2D eigenvalue weighted by Crippen LogP contribution is 2.38. The molecule has 1 N–H and O–H groups in total. The Morgan fingerprint density at radius 3 is 2.54 bits per heavy atom. The van der Waals surface area contributed by atoms with Crippen LogP contribution in [0.15, 0.2) is 24.3 Å². The van der Waals surface area contributed by atoms with Gasteiger partial charge in [0, 0.05) is 26.6 Å². The van der Waals surface area contributed by atoms with Crippen molar-refractivity contribution in [2.75, 3.05) is 27.2 Å². The Hall–Kier alpha value is -2.57. The number of likely N-dealkylation sites (tertiary alicyclic amines) is 1. The number of nitrogens with zero attached hydrogens (tertiary/aromatic N) is 2. The molecular formula is C21H30N2O5. The van der Waals surface area contributed by atoms with Crippen molar-refractivity contribution in [3.8, 4) is 5.75 Å². The number of aliphatic carboxylic acids is 1. The smallest absolute Gasteiger partial charge is 0.305 e. The van der Waals surface area contributed by atoms with Crippen LogP contribution in [0.25, 0.3) is 0 Å². The molecule has 154 valence electrons. The zero-order valence-electron chi connectivity index (χ0n) is 16.9. The van der Waals surface area contributed by atoms with Crippen molar-refractivity contribution in [1.82, 2.24) is 9.80 Å². The Bertz CT molecular complexity index is 689. The molecule has 0 spiro atoms. The molecule has 1 aliphatic heterocycles. The van der Waals surface area contributed by atoms with Gasteiger partial charge in [-0.25, -0.2) is 0 Å². The van der Waals surface area contributed by atoms with Crippen molar-refractivity contribution in [2.45, 2.75) is 45.1 Å². The number of methoxy groups -OCH3 is 1. The number of benzene rings is 1. The van der Waals surface area contributed by atoms with Crippen molar-refractivity contribution in [1.29, 1.82) is 0 Å². The van der Waals surface area contributed by atoms with Crippen LogP contribution in [0.1, 0.15) is 50.6 Å². The quantitative estimate of drug-likeness (QED) is 0.700. The molecule has 7 nitrogen and oxygen atoms in total. The van der Waals surface area contributed by atoms with Gasteiger partial charge < -0.3 is 19.6 Å². The lowest BCUT2D eigenvalue weighted by molar-refractivity contribution is -0.147. The second kappa shape index (κ2) is 10.1. The maximum absolute atomic E-state index is 13.1. The van der Waals surface area contributed by atoms with Crippen LogP contribution in [0.2, 0.25) is 0 Å². The number of carboxylic acid groups (broad SMARTS) is 1. The first-order chi connectivity index (χ1) is 13.4. The second-order valence-corrected chi connectivity index (χ2v) is 7.21. The molecule has 1 heterocycles. The number of hydrogen-bond donors (Lipinski definition) is 1. The summed E-state index contributed by atoms with van der Waals surface area (Å²) in [5.41, 5.74) is 0.898. The van der Waals surface area contributed by atoms with Gasteiger partial charge in [0.2, 0.25) is 11.8 Å². The van der Waals surface area contributed by atoms with E-state index < -0.39 is 5.97 Å². The molecule has 2 amide bonds. The lowest BCUT2D eigenvalue weighted by atomic mass is 9.83. The number of unbranched alkanes of at least 4 members (excludes halogenated alkanes) is 1.